The predicted octanol–water partition coefficient (Wildman–Crippen LogP) is 2.41. The van der Waals surface area contributed by atoms with Crippen molar-refractivity contribution < 1.29 is 5.11 Å². The smallest absolute Gasteiger partial charge is 0.0872 e. The van der Waals surface area contributed by atoms with E-state index in [9.17, 15) is 5.11 Å². The van der Waals surface area contributed by atoms with Crippen LogP contribution in [0.15, 0.2) is 42.5 Å². The molecule has 0 bridgehead atoms. The third-order valence-corrected chi connectivity index (χ3v) is 3.40. The monoisotopic (exact) mass is 227 g/mol. The van der Waals surface area contributed by atoms with E-state index in [2.05, 4.69) is 47.4 Å². The highest BCUT2D eigenvalue weighted by atomic mass is 16.3. The molecule has 88 valence electrons. The van der Waals surface area contributed by atoms with Crippen LogP contribution in [-0.2, 0) is 6.54 Å². The lowest BCUT2D eigenvalue weighted by Crippen LogP contribution is -2.59. The number of fused-ring (bicyclic) bond motifs is 1. The summed E-state index contributed by atoms with van der Waals surface area (Å²) in [6.45, 7) is 4.37. The average Bonchev–Trinajstić information content (AvgIpc) is 2.27. The van der Waals surface area contributed by atoms with Gasteiger partial charge in [0, 0.05) is 19.6 Å². The van der Waals surface area contributed by atoms with Gasteiger partial charge in [-0.25, -0.2) is 0 Å². The zero-order valence-electron chi connectivity index (χ0n) is 10.1. The van der Waals surface area contributed by atoms with Crippen molar-refractivity contribution in [2.75, 3.05) is 13.1 Å². The summed E-state index contributed by atoms with van der Waals surface area (Å²) in [5.74, 6) is 0. The summed E-state index contributed by atoms with van der Waals surface area (Å²) in [5, 5.41) is 12.3. The molecule has 17 heavy (non-hydrogen) atoms. The summed E-state index contributed by atoms with van der Waals surface area (Å²) in [4.78, 5) is 2.28. The van der Waals surface area contributed by atoms with Crippen molar-refractivity contribution in [3.63, 3.8) is 0 Å². The van der Waals surface area contributed by atoms with Crippen LogP contribution in [0, 0.1) is 0 Å². The Morgan fingerprint density at radius 2 is 1.82 bits per heavy atom. The van der Waals surface area contributed by atoms with E-state index in [0.29, 0.717) is 0 Å². The molecular formula is C15H17NO. The molecule has 1 aliphatic heterocycles. The lowest BCUT2D eigenvalue weighted by atomic mass is 9.95. The van der Waals surface area contributed by atoms with E-state index in [1.165, 1.54) is 16.3 Å². The second-order valence-electron chi connectivity index (χ2n) is 5.28. The average molecular weight is 227 g/mol. The van der Waals surface area contributed by atoms with Crippen LogP contribution in [-0.4, -0.2) is 28.7 Å². The standard InChI is InChI=1S/C15H17NO/c1-15(17)10-16(11-15)9-13-7-4-6-12-5-2-3-8-14(12)13/h2-8,17H,9-11H2,1H3. The number of likely N-dealkylation sites (tertiary alicyclic amines) is 1. The quantitative estimate of drug-likeness (QED) is 0.851. The summed E-state index contributed by atoms with van der Waals surface area (Å²) in [5.41, 5.74) is 0.864. The fraction of sp³-hybridized carbons (Fsp3) is 0.333. The Bertz CT molecular complexity index is 534. The van der Waals surface area contributed by atoms with Crippen molar-refractivity contribution in [1.29, 1.82) is 0 Å². The summed E-state index contributed by atoms with van der Waals surface area (Å²) >= 11 is 0. The van der Waals surface area contributed by atoms with E-state index in [4.69, 9.17) is 0 Å². The molecule has 3 rings (SSSR count). The Hall–Kier alpha value is -1.38. The Labute approximate surface area is 101 Å². The van der Waals surface area contributed by atoms with Crippen LogP contribution in [0.3, 0.4) is 0 Å². The minimum atomic E-state index is -0.482. The number of rotatable bonds is 2. The molecule has 0 aromatic heterocycles. The van der Waals surface area contributed by atoms with Gasteiger partial charge in [-0.15, -0.1) is 0 Å². The molecular weight excluding hydrogens is 210 g/mol. The fourth-order valence-electron chi connectivity index (χ4n) is 2.70. The van der Waals surface area contributed by atoms with E-state index < -0.39 is 5.60 Å². The van der Waals surface area contributed by atoms with Crippen LogP contribution in [0.5, 0.6) is 0 Å². The van der Waals surface area contributed by atoms with Gasteiger partial charge in [-0.3, -0.25) is 4.90 Å². The Balaban J connectivity index is 1.86. The van der Waals surface area contributed by atoms with Gasteiger partial charge in [-0.2, -0.15) is 0 Å². The molecule has 2 aromatic carbocycles. The predicted molar refractivity (Wildman–Crippen MR) is 69.8 cm³/mol. The minimum absolute atomic E-state index is 0.482. The minimum Gasteiger partial charge on any atom is -0.388 e. The van der Waals surface area contributed by atoms with Gasteiger partial charge in [-0.05, 0) is 23.3 Å². The number of nitrogens with zero attached hydrogens (tertiary/aromatic N) is 1. The van der Waals surface area contributed by atoms with Gasteiger partial charge < -0.3 is 5.11 Å². The molecule has 1 heterocycles. The van der Waals surface area contributed by atoms with Crippen LogP contribution < -0.4 is 0 Å². The first-order chi connectivity index (χ1) is 8.14. The fourth-order valence-corrected chi connectivity index (χ4v) is 2.70. The molecule has 0 saturated carbocycles. The SMILES string of the molecule is CC1(O)CN(Cc2cccc3ccccc23)C1. The molecule has 1 fully saturated rings. The molecule has 2 nitrogen and oxygen atoms in total. The van der Waals surface area contributed by atoms with Crippen molar-refractivity contribution >= 4 is 10.8 Å². The van der Waals surface area contributed by atoms with Crippen LogP contribution in [0.25, 0.3) is 10.8 Å². The molecule has 0 atom stereocenters. The number of hydrogen-bond acceptors (Lipinski definition) is 2. The van der Waals surface area contributed by atoms with Gasteiger partial charge in [0.2, 0.25) is 0 Å². The topological polar surface area (TPSA) is 23.5 Å². The van der Waals surface area contributed by atoms with Gasteiger partial charge in [-0.1, -0.05) is 42.5 Å². The van der Waals surface area contributed by atoms with E-state index in [1.807, 2.05) is 6.92 Å². The lowest BCUT2D eigenvalue weighted by molar-refractivity contribution is -0.0869. The molecule has 1 saturated heterocycles. The van der Waals surface area contributed by atoms with Crippen molar-refractivity contribution in [2.45, 2.75) is 19.1 Å². The molecule has 1 N–H and O–H groups in total. The molecule has 1 aliphatic rings. The first kappa shape index (κ1) is 10.8. The van der Waals surface area contributed by atoms with Gasteiger partial charge in [0.25, 0.3) is 0 Å². The van der Waals surface area contributed by atoms with Crippen LogP contribution in [0.1, 0.15) is 12.5 Å². The molecule has 0 spiro atoms. The first-order valence-electron chi connectivity index (χ1n) is 6.05. The molecule has 0 radical (unpaired) electrons. The zero-order chi connectivity index (χ0) is 11.9. The Kier molecular flexibility index (Phi) is 2.42. The van der Waals surface area contributed by atoms with E-state index in [-0.39, 0.29) is 0 Å². The number of benzene rings is 2. The highest BCUT2D eigenvalue weighted by Crippen LogP contribution is 2.25. The summed E-state index contributed by atoms with van der Waals surface area (Å²) < 4.78 is 0. The van der Waals surface area contributed by atoms with Crippen LogP contribution in [0.4, 0.5) is 0 Å². The van der Waals surface area contributed by atoms with Crippen molar-refractivity contribution in [2.24, 2.45) is 0 Å². The molecule has 2 heteroatoms. The third-order valence-electron chi connectivity index (χ3n) is 3.40. The number of β-amino-alcohol motifs (C(OH)–C–C–N with tert-alkyl or cyclic N) is 1. The maximum atomic E-state index is 9.73. The number of hydrogen-bond donors (Lipinski definition) is 1. The second kappa shape index (κ2) is 3.83. The molecule has 0 amide bonds. The number of aliphatic hydroxyl groups is 1. The highest BCUT2D eigenvalue weighted by molar-refractivity contribution is 5.85. The highest BCUT2D eigenvalue weighted by Gasteiger charge is 2.36. The zero-order valence-corrected chi connectivity index (χ0v) is 10.1. The summed E-state index contributed by atoms with van der Waals surface area (Å²) in [6, 6.07) is 14.9. The van der Waals surface area contributed by atoms with Gasteiger partial charge in [0.15, 0.2) is 0 Å². The normalized spacial score (nSPS) is 19.2. The maximum absolute atomic E-state index is 9.73. The van der Waals surface area contributed by atoms with Gasteiger partial charge in [0.1, 0.15) is 0 Å². The van der Waals surface area contributed by atoms with E-state index >= 15 is 0 Å². The van der Waals surface area contributed by atoms with Crippen LogP contribution >= 0.6 is 0 Å². The first-order valence-corrected chi connectivity index (χ1v) is 6.05. The van der Waals surface area contributed by atoms with Gasteiger partial charge in [0.05, 0.1) is 5.60 Å². The molecule has 2 aromatic rings. The van der Waals surface area contributed by atoms with Crippen molar-refractivity contribution in [3.8, 4) is 0 Å². The lowest BCUT2D eigenvalue weighted by Gasteiger charge is -2.44. The summed E-state index contributed by atoms with van der Waals surface area (Å²) in [7, 11) is 0. The van der Waals surface area contributed by atoms with Crippen molar-refractivity contribution in [1.82, 2.24) is 4.90 Å². The third kappa shape index (κ3) is 2.06. The van der Waals surface area contributed by atoms with E-state index in [1.54, 1.807) is 0 Å². The van der Waals surface area contributed by atoms with Gasteiger partial charge >= 0.3 is 0 Å². The molecule has 0 aliphatic carbocycles. The largest absolute Gasteiger partial charge is 0.388 e. The van der Waals surface area contributed by atoms with Crippen LogP contribution in [0.2, 0.25) is 0 Å². The maximum Gasteiger partial charge on any atom is 0.0872 e. The Morgan fingerprint density at radius 3 is 2.59 bits per heavy atom. The van der Waals surface area contributed by atoms with Crippen molar-refractivity contribution in [3.05, 3.63) is 48.0 Å². The molecule has 0 unspecified atom stereocenters. The Morgan fingerprint density at radius 1 is 1.12 bits per heavy atom. The summed E-state index contributed by atoms with van der Waals surface area (Å²) in [6.07, 6.45) is 0. The van der Waals surface area contributed by atoms with E-state index in [0.717, 1.165) is 19.6 Å². The second-order valence-corrected chi connectivity index (χ2v) is 5.28.